The topological polar surface area (TPSA) is 0 Å². The molecule has 0 aliphatic rings. The van der Waals surface area contributed by atoms with E-state index in [2.05, 4.69) is 88.4 Å². The van der Waals surface area contributed by atoms with Crippen molar-refractivity contribution >= 4 is 21.5 Å². The monoisotopic (exact) mass is 310 g/mol. The van der Waals surface area contributed by atoms with Crippen LogP contribution in [0, 0.1) is 27.7 Å². The van der Waals surface area contributed by atoms with Crippen LogP contribution in [0.25, 0.3) is 32.7 Å². The highest BCUT2D eigenvalue weighted by Gasteiger charge is 2.14. The van der Waals surface area contributed by atoms with Crippen LogP contribution in [0.2, 0.25) is 0 Å². The molecule has 24 heavy (non-hydrogen) atoms. The predicted octanol–water partition coefficient (Wildman–Crippen LogP) is 6.89. The van der Waals surface area contributed by atoms with Crippen LogP contribution in [0.5, 0.6) is 0 Å². The van der Waals surface area contributed by atoms with E-state index in [0.29, 0.717) is 0 Å². The molecule has 0 nitrogen and oxygen atoms in total. The summed E-state index contributed by atoms with van der Waals surface area (Å²) < 4.78 is 0. The van der Waals surface area contributed by atoms with Crippen molar-refractivity contribution in [3.8, 4) is 11.1 Å². The summed E-state index contributed by atoms with van der Waals surface area (Å²) in [5.74, 6) is 0. The van der Waals surface area contributed by atoms with E-state index < -0.39 is 0 Å². The minimum absolute atomic E-state index is 1.29. The van der Waals surface area contributed by atoms with E-state index in [4.69, 9.17) is 0 Å². The first kappa shape index (κ1) is 15.0. The summed E-state index contributed by atoms with van der Waals surface area (Å²) >= 11 is 0. The molecule has 4 rings (SSSR count). The molecular weight excluding hydrogens is 288 g/mol. The van der Waals surface area contributed by atoms with Crippen molar-refractivity contribution in [1.29, 1.82) is 0 Å². The molecule has 0 heteroatoms. The SMILES string of the molecule is Cc1ccc2c(-c3ccc4ccccc4c3)c(C)c(C)c(C)c2c1. The van der Waals surface area contributed by atoms with E-state index in [1.165, 1.54) is 54.9 Å². The molecule has 4 aromatic carbocycles. The molecule has 0 aromatic heterocycles. The van der Waals surface area contributed by atoms with E-state index in [0.717, 1.165) is 0 Å². The molecule has 0 aliphatic carbocycles. The first-order chi connectivity index (χ1) is 11.6. The van der Waals surface area contributed by atoms with Gasteiger partial charge in [0, 0.05) is 0 Å². The van der Waals surface area contributed by atoms with Crippen molar-refractivity contribution in [3.05, 3.63) is 82.9 Å². The first-order valence-corrected chi connectivity index (χ1v) is 8.55. The fourth-order valence-corrected chi connectivity index (χ4v) is 3.78. The Morgan fingerprint density at radius 2 is 1.29 bits per heavy atom. The number of aryl methyl sites for hydroxylation is 2. The van der Waals surface area contributed by atoms with E-state index in [-0.39, 0.29) is 0 Å². The Hall–Kier alpha value is -2.60. The summed E-state index contributed by atoms with van der Waals surface area (Å²) in [7, 11) is 0. The Bertz CT molecular complexity index is 1080. The van der Waals surface area contributed by atoms with Gasteiger partial charge in [-0.3, -0.25) is 0 Å². The largest absolute Gasteiger partial charge is 0.0616 e. The molecular formula is C24H22. The van der Waals surface area contributed by atoms with E-state index in [1.54, 1.807) is 0 Å². The van der Waals surface area contributed by atoms with Gasteiger partial charge in [0.15, 0.2) is 0 Å². The second-order valence-corrected chi connectivity index (χ2v) is 6.86. The van der Waals surface area contributed by atoms with Crippen molar-refractivity contribution in [3.63, 3.8) is 0 Å². The van der Waals surface area contributed by atoms with Gasteiger partial charge in [0.05, 0.1) is 0 Å². The van der Waals surface area contributed by atoms with Crippen LogP contribution in [0.15, 0.2) is 60.7 Å². The molecule has 0 aliphatic heterocycles. The summed E-state index contributed by atoms with van der Waals surface area (Å²) in [6.45, 7) is 8.92. The highest BCUT2D eigenvalue weighted by atomic mass is 14.2. The predicted molar refractivity (Wildman–Crippen MR) is 106 cm³/mol. The van der Waals surface area contributed by atoms with Gasteiger partial charge in [-0.05, 0) is 83.1 Å². The molecule has 0 heterocycles. The van der Waals surface area contributed by atoms with Gasteiger partial charge >= 0.3 is 0 Å². The molecule has 0 amide bonds. The Morgan fingerprint density at radius 1 is 0.542 bits per heavy atom. The molecule has 0 fully saturated rings. The molecule has 0 unspecified atom stereocenters. The van der Waals surface area contributed by atoms with Crippen LogP contribution in [-0.4, -0.2) is 0 Å². The molecule has 0 bridgehead atoms. The fraction of sp³-hybridized carbons (Fsp3) is 0.167. The smallest absolute Gasteiger partial charge is 0.00731 e. The van der Waals surface area contributed by atoms with E-state index in [9.17, 15) is 0 Å². The van der Waals surface area contributed by atoms with Gasteiger partial charge < -0.3 is 0 Å². The van der Waals surface area contributed by atoms with Crippen LogP contribution in [0.3, 0.4) is 0 Å². The molecule has 0 N–H and O–H groups in total. The van der Waals surface area contributed by atoms with Gasteiger partial charge in [-0.25, -0.2) is 0 Å². The minimum atomic E-state index is 1.29. The maximum absolute atomic E-state index is 2.33. The Kier molecular flexibility index (Phi) is 3.42. The number of benzene rings is 4. The quantitative estimate of drug-likeness (QED) is 0.359. The fourth-order valence-electron chi connectivity index (χ4n) is 3.78. The summed E-state index contributed by atoms with van der Waals surface area (Å²) in [6, 6.07) is 22.2. The lowest BCUT2D eigenvalue weighted by atomic mass is 9.86. The molecule has 4 aromatic rings. The second kappa shape index (κ2) is 5.49. The summed E-state index contributed by atoms with van der Waals surface area (Å²) in [6.07, 6.45) is 0. The third-order valence-corrected chi connectivity index (χ3v) is 5.39. The van der Waals surface area contributed by atoms with Gasteiger partial charge in [0.25, 0.3) is 0 Å². The van der Waals surface area contributed by atoms with Gasteiger partial charge in [0.2, 0.25) is 0 Å². The lowest BCUT2D eigenvalue weighted by Crippen LogP contribution is -1.95. The van der Waals surface area contributed by atoms with E-state index in [1.807, 2.05) is 0 Å². The molecule has 0 spiro atoms. The molecule has 0 atom stereocenters. The zero-order chi connectivity index (χ0) is 16.8. The van der Waals surface area contributed by atoms with Crippen LogP contribution >= 0.6 is 0 Å². The zero-order valence-corrected chi connectivity index (χ0v) is 14.8. The van der Waals surface area contributed by atoms with Crippen molar-refractivity contribution in [2.75, 3.05) is 0 Å². The maximum Gasteiger partial charge on any atom is -0.00731 e. The zero-order valence-electron chi connectivity index (χ0n) is 14.8. The van der Waals surface area contributed by atoms with Crippen molar-refractivity contribution in [1.82, 2.24) is 0 Å². The molecule has 0 saturated carbocycles. The van der Waals surface area contributed by atoms with Gasteiger partial charge in [0.1, 0.15) is 0 Å². The Labute approximate surface area is 143 Å². The average molecular weight is 310 g/mol. The van der Waals surface area contributed by atoms with Crippen molar-refractivity contribution < 1.29 is 0 Å². The van der Waals surface area contributed by atoms with Crippen molar-refractivity contribution in [2.24, 2.45) is 0 Å². The third-order valence-electron chi connectivity index (χ3n) is 5.39. The summed E-state index contributed by atoms with van der Waals surface area (Å²) in [5, 5.41) is 5.33. The van der Waals surface area contributed by atoms with Crippen LogP contribution < -0.4 is 0 Å². The molecule has 0 saturated heterocycles. The number of fused-ring (bicyclic) bond motifs is 2. The molecule has 0 radical (unpaired) electrons. The Balaban J connectivity index is 2.11. The maximum atomic E-state index is 2.33. The van der Waals surface area contributed by atoms with Crippen LogP contribution in [0.1, 0.15) is 22.3 Å². The number of hydrogen-bond donors (Lipinski definition) is 0. The first-order valence-electron chi connectivity index (χ1n) is 8.55. The molecule has 118 valence electrons. The highest BCUT2D eigenvalue weighted by Crippen LogP contribution is 2.38. The number of rotatable bonds is 1. The van der Waals surface area contributed by atoms with Crippen LogP contribution in [0.4, 0.5) is 0 Å². The minimum Gasteiger partial charge on any atom is -0.0616 e. The number of hydrogen-bond acceptors (Lipinski definition) is 0. The third kappa shape index (κ3) is 2.22. The van der Waals surface area contributed by atoms with Gasteiger partial charge in [-0.15, -0.1) is 0 Å². The van der Waals surface area contributed by atoms with Gasteiger partial charge in [-0.1, -0.05) is 60.2 Å². The van der Waals surface area contributed by atoms with E-state index >= 15 is 0 Å². The highest BCUT2D eigenvalue weighted by molar-refractivity contribution is 6.03. The average Bonchev–Trinajstić information content (AvgIpc) is 2.60. The summed E-state index contributed by atoms with van der Waals surface area (Å²) in [5.41, 5.74) is 8.19. The van der Waals surface area contributed by atoms with Crippen LogP contribution in [-0.2, 0) is 0 Å². The second-order valence-electron chi connectivity index (χ2n) is 6.86. The standard InChI is InChI=1S/C24H22/c1-15-9-12-22-23(13-15)17(3)16(2)18(4)24(22)21-11-10-19-7-5-6-8-20(19)14-21/h5-14H,1-4H3. The van der Waals surface area contributed by atoms with Gasteiger partial charge in [-0.2, -0.15) is 0 Å². The Morgan fingerprint density at radius 3 is 2.08 bits per heavy atom. The lowest BCUT2D eigenvalue weighted by molar-refractivity contribution is 1.29. The summed E-state index contributed by atoms with van der Waals surface area (Å²) in [4.78, 5) is 0. The lowest BCUT2D eigenvalue weighted by Gasteiger charge is -2.18. The van der Waals surface area contributed by atoms with Crippen molar-refractivity contribution in [2.45, 2.75) is 27.7 Å². The normalized spacial score (nSPS) is 11.3.